The van der Waals surface area contributed by atoms with Crippen LogP contribution in [0.25, 0.3) is 0 Å². The van der Waals surface area contributed by atoms with Crippen molar-refractivity contribution in [1.29, 1.82) is 0 Å². The molecule has 0 amide bonds. The molecule has 0 aliphatic rings. The number of nitrogens with zero attached hydrogens (tertiary/aromatic N) is 2. The summed E-state index contributed by atoms with van der Waals surface area (Å²) < 4.78 is 26.3. The number of nitrogens with two attached hydrogens (primary N) is 1. The summed E-state index contributed by atoms with van der Waals surface area (Å²) in [5.41, 5.74) is 7.84. The van der Waals surface area contributed by atoms with Gasteiger partial charge in [0.2, 0.25) is 0 Å². The van der Waals surface area contributed by atoms with Crippen molar-refractivity contribution in [1.82, 2.24) is 10.2 Å². The van der Waals surface area contributed by atoms with Gasteiger partial charge in [-0.05, 0) is 31.5 Å². The molecular weight excluding hydrogens is 282 g/mol. The van der Waals surface area contributed by atoms with Crippen molar-refractivity contribution in [3.8, 4) is 0 Å². The van der Waals surface area contributed by atoms with Gasteiger partial charge in [0, 0.05) is 11.8 Å². The maximum atomic E-state index is 13.2. The first-order valence-corrected chi connectivity index (χ1v) is 6.16. The first-order valence-electron chi connectivity index (χ1n) is 5.75. The third-order valence-corrected chi connectivity index (χ3v) is 3.03. The largest absolute Gasteiger partial charge is 0.389 e. The minimum atomic E-state index is -0.693. The lowest BCUT2D eigenvalue weighted by molar-refractivity contribution is 0.584. The van der Waals surface area contributed by atoms with Crippen molar-refractivity contribution in [3.63, 3.8) is 0 Å². The summed E-state index contributed by atoms with van der Waals surface area (Å²) in [7, 11) is 0. The summed E-state index contributed by atoms with van der Waals surface area (Å²) in [6.07, 6.45) is 0. The van der Waals surface area contributed by atoms with Crippen LogP contribution in [-0.2, 0) is 0 Å². The van der Waals surface area contributed by atoms with Gasteiger partial charge in [0.1, 0.15) is 16.6 Å². The zero-order valence-electron chi connectivity index (χ0n) is 10.9. The second kappa shape index (κ2) is 5.46. The van der Waals surface area contributed by atoms with Crippen LogP contribution in [0.15, 0.2) is 18.2 Å². The highest BCUT2D eigenvalue weighted by atomic mass is 32.1. The summed E-state index contributed by atoms with van der Waals surface area (Å²) in [6.45, 7) is 3.57. The van der Waals surface area contributed by atoms with E-state index in [1.165, 1.54) is 0 Å². The van der Waals surface area contributed by atoms with Gasteiger partial charge in [0.05, 0.1) is 11.3 Å². The Morgan fingerprint density at radius 1 is 1.15 bits per heavy atom. The lowest BCUT2D eigenvalue weighted by Crippen LogP contribution is -2.17. The van der Waals surface area contributed by atoms with E-state index in [0.717, 1.165) is 23.8 Å². The third-order valence-electron chi connectivity index (χ3n) is 2.83. The molecule has 2 aromatic rings. The van der Waals surface area contributed by atoms with Crippen LogP contribution in [0.3, 0.4) is 0 Å². The quantitative estimate of drug-likeness (QED) is 0.852. The Morgan fingerprint density at radius 2 is 1.75 bits per heavy atom. The van der Waals surface area contributed by atoms with Gasteiger partial charge in [-0.2, -0.15) is 5.10 Å². The molecule has 0 bridgehead atoms. The highest BCUT2D eigenvalue weighted by Crippen LogP contribution is 2.23. The molecule has 0 radical (unpaired) electrons. The van der Waals surface area contributed by atoms with Crippen molar-refractivity contribution in [2.45, 2.75) is 13.8 Å². The Bertz CT molecular complexity index is 668. The summed E-state index contributed by atoms with van der Waals surface area (Å²) in [6, 6.07) is 3.07. The number of hydrogen-bond acceptors (Lipinski definition) is 4. The van der Waals surface area contributed by atoms with E-state index in [-0.39, 0.29) is 16.5 Å². The van der Waals surface area contributed by atoms with Gasteiger partial charge in [0.25, 0.3) is 0 Å². The number of aryl methyl sites for hydroxylation is 1. The van der Waals surface area contributed by atoms with E-state index in [9.17, 15) is 8.78 Å². The lowest BCUT2D eigenvalue weighted by atomic mass is 10.1. The van der Waals surface area contributed by atoms with Gasteiger partial charge in [0.15, 0.2) is 5.82 Å². The molecule has 0 fully saturated rings. The number of benzene rings is 1. The molecule has 20 heavy (non-hydrogen) atoms. The molecule has 4 nitrogen and oxygen atoms in total. The summed E-state index contributed by atoms with van der Waals surface area (Å²) in [5.74, 6) is -1.12. The van der Waals surface area contributed by atoms with Crippen LogP contribution in [0.2, 0.25) is 0 Å². The average Bonchev–Trinajstić information content (AvgIpc) is 2.32. The van der Waals surface area contributed by atoms with Crippen LogP contribution < -0.4 is 11.1 Å². The van der Waals surface area contributed by atoms with E-state index in [1.807, 2.05) is 0 Å². The molecule has 0 saturated heterocycles. The Hall–Kier alpha value is -2.15. The molecule has 2 rings (SSSR count). The van der Waals surface area contributed by atoms with Crippen LogP contribution in [-0.4, -0.2) is 15.2 Å². The Kier molecular flexibility index (Phi) is 3.89. The Morgan fingerprint density at radius 3 is 2.30 bits per heavy atom. The van der Waals surface area contributed by atoms with E-state index in [2.05, 4.69) is 15.5 Å². The Labute approximate surface area is 120 Å². The fourth-order valence-corrected chi connectivity index (χ4v) is 2.01. The Balaban J connectivity index is 2.48. The predicted molar refractivity (Wildman–Crippen MR) is 77.0 cm³/mol. The first-order chi connectivity index (χ1) is 9.38. The smallest absolute Gasteiger partial charge is 0.163 e. The standard InChI is InChI=1S/C13H12F2N4S/c1-6-7(2)18-19-13(11(6)12(16)20)17-10-4-8(14)3-9(15)5-10/h3-5H,1-2H3,(H2,16,20)(H,17,19). The van der Waals surface area contributed by atoms with E-state index in [4.69, 9.17) is 18.0 Å². The first kappa shape index (κ1) is 14.3. The molecule has 104 valence electrons. The number of nitrogens with one attached hydrogen (secondary N) is 1. The predicted octanol–water partition coefficient (Wildman–Crippen LogP) is 2.75. The monoisotopic (exact) mass is 294 g/mol. The molecule has 1 aromatic heterocycles. The number of anilines is 2. The lowest BCUT2D eigenvalue weighted by Gasteiger charge is -2.13. The number of rotatable bonds is 3. The molecule has 0 saturated carbocycles. The minimum Gasteiger partial charge on any atom is -0.389 e. The number of hydrogen-bond donors (Lipinski definition) is 2. The second-order valence-electron chi connectivity index (χ2n) is 4.28. The van der Waals surface area contributed by atoms with Crippen molar-refractivity contribution < 1.29 is 8.78 Å². The zero-order chi connectivity index (χ0) is 14.9. The molecule has 1 heterocycles. The molecule has 7 heteroatoms. The number of aromatic nitrogens is 2. The van der Waals surface area contributed by atoms with Gasteiger partial charge in [-0.3, -0.25) is 0 Å². The van der Waals surface area contributed by atoms with E-state index in [0.29, 0.717) is 11.3 Å². The summed E-state index contributed by atoms with van der Waals surface area (Å²) in [4.78, 5) is 0.139. The highest BCUT2D eigenvalue weighted by molar-refractivity contribution is 7.80. The summed E-state index contributed by atoms with van der Waals surface area (Å²) in [5, 5.41) is 10.7. The van der Waals surface area contributed by atoms with Crippen LogP contribution in [0.5, 0.6) is 0 Å². The van der Waals surface area contributed by atoms with Gasteiger partial charge < -0.3 is 11.1 Å². The minimum absolute atomic E-state index is 0.139. The van der Waals surface area contributed by atoms with E-state index in [1.54, 1.807) is 13.8 Å². The summed E-state index contributed by atoms with van der Waals surface area (Å²) >= 11 is 4.99. The van der Waals surface area contributed by atoms with Crippen LogP contribution >= 0.6 is 12.2 Å². The zero-order valence-corrected chi connectivity index (χ0v) is 11.7. The van der Waals surface area contributed by atoms with Gasteiger partial charge in [-0.25, -0.2) is 8.78 Å². The van der Waals surface area contributed by atoms with Gasteiger partial charge >= 0.3 is 0 Å². The maximum Gasteiger partial charge on any atom is 0.163 e. The second-order valence-corrected chi connectivity index (χ2v) is 4.72. The van der Waals surface area contributed by atoms with Crippen molar-refractivity contribution >= 4 is 28.7 Å². The van der Waals surface area contributed by atoms with Crippen LogP contribution in [0.4, 0.5) is 20.3 Å². The maximum absolute atomic E-state index is 13.2. The highest BCUT2D eigenvalue weighted by Gasteiger charge is 2.14. The van der Waals surface area contributed by atoms with Gasteiger partial charge in [-0.1, -0.05) is 12.2 Å². The van der Waals surface area contributed by atoms with Crippen molar-refractivity contribution in [2.24, 2.45) is 5.73 Å². The SMILES string of the molecule is Cc1nnc(Nc2cc(F)cc(F)c2)c(C(N)=S)c1C. The third kappa shape index (κ3) is 2.88. The molecule has 0 spiro atoms. The molecule has 0 atom stereocenters. The number of halogens is 2. The van der Waals surface area contributed by atoms with Crippen molar-refractivity contribution in [2.75, 3.05) is 5.32 Å². The van der Waals surface area contributed by atoms with E-state index >= 15 is 0 Å². The van der Waals surface area contributed by atoms with Crippen LogP contribution in [0.1, 0.15) is 16.8 Å². The fourth-order valence-electron chi connectivity index (χ4n) is 1.76. The van der Waals surface area contributed by atoms with E-state index < -0.39 is 11.6 Å². The average molecular weight is 294 g/mol. The molecule has 0 unspecified atom stereocenters. The molecule has 3 N–H and O–H groups in total. The normalized spacial score (nSPS) is 10.4. The van der Waals surface area contributed by atoms with Crippen LogP contribution in [0, 0.1) is 25.5 Å². The topological polar surface area (TPSA) is 63.8 Å². The molecular formula is C13H12F2N4S. The molecule has 0 aliphatic heterocycles. The fraction of sp³-hybridized carbons (Fsp3) is 0.154. The molecule has 0 aliphatic carbocycles. The van der Waals surface area contributed by atoms with Crippen molar-refractivity contribution in [3.05, 3.63) is 46.7 Å². The number of thiocarbonyl (C=S) groups is 1. The molecule has 1 aromatic carbocycles. The van der Waals surface area contributed by atoms with Gasteiger partial charge in [-0.15, -0.1) is 5.10 Å².